The van der Waals surface area contributed by atoms with E-state index in [1.54, 1.807) is 11.0 Å². The molecule has 0 radical (unpaired) electrons. The van der Waals surface area contributed by atoms with E-state index in [1.165, 1.54) is 5.56 Å². The number of rotatable bonds is 6. The lowest BCUT2D eigenvalue weighted by molar-refractivity contribution is -0.124. The highest BCUT2D eigenvalue weighted by atomic mass is 16.2. The molecule has 0 spiro atoms. The predicted molar refractivity (Wildman–Crippen MR) is 111 cm³/mol. The first-order chi connectivity index (χ1) is 13.5. The minimum atomic E-state index is -0.611. The molecule has 0 bridgehead atoms. The van der Waals surface area contributed by atoms with Crippen molar-refractivity contribution in [1.29, 1.82) is 0 Å². The zero-order valence-electron chi connectivity index (χ0n) is 16.5. The zero-order valence-corrected chi connectivity index (χ0v) is 16.5. The van der Waals surface area contributed by atoms with Gasteiger partial charge in [0.25, 0.3) is 5.91 Å². The second kappa shape index (κ2) is 8.89. The van der Waals surface area contributed by atoms with Crippen molar-refractivity contribution >= 4 is 17.5 Å². The van der Waals surface area contributed by atoms with Gasteiger partial charge in [-0.3, -0.25) is 14.5 Å². The lowest BCUT2D eigenvalue weighted by Gasteiger charge is -2.40. The van der Waals surface area contributed by atoms with Crippen molar-refractivity contribution in [3.63, 3.8) is 0 Å². The topological polar surface area (TPSA) is 69.9 Å². The van der Waals surface area contributed by atoms with Gasteiger partial charge >= 0.3 is 0 Å². The van der Waals surface area contributed by atoms with Gasteiger partial charge < -0.3 is 15.5 Å². The number of amides is 2. The Balaban J connectivity index is 1.68. The second-order valence-corrected chi connectivity index (χ2v) is 7.40. The Bertz CT molecular complexity index is 822. The molecule has 0 aliphatic carbocycles. The van der Waals surface area contributed by atoms with Gasteiger partial charge in [0.15, 0.2) is 0 Å². The lowest BCUT2D eigenvalue weighted by Crippen LogP contribution is -2.60. The highest BCUT2D eigenvalue weighted by molar-refractivity contribution is 5.98. The van der Waals surface area contributed by atoms with Crippen LogP contribution in [0.1, 0.15) is 15.9 Å². The molecular weight excluding hydrogens is 352 g/mol. The number of nitrogens with two attached hydrogens (primary N) is 1. The first-order valence-corrected chi connectivity index (χ1v) is 9.59. The molecule has 1 unspecified atom stereocenters. The van der Waals surface area contributed by atoms with Crippen molar-refractivity contribution in [2.45, 2.75) is 12.5 Å². The summed E-state index contributed by atoms with van der Waals surface area (Å²) < 4.78 is 0. The Hall–Kier alpha value is -2.86. The minimum absolute atomic E-state index is 0.143. The van der Waals surface area contributed by atoms with Crippen LogP contribution < -0.4 is 10.6 Å². The fourth-order valence-electron chi connectivity index (χ4n) is 3.54. The number of carbonyl (C=O) groups is 2. The molecule has 148 valence electrons. The van der Waals surface area contributed by atoms with E-state index in [-0.39, 0.29) is 5.91 Å². The first kappa shape index (κ1) is 19.9. The second-order valence-electron chi connectivity index (χ2n) is 7.40. The summed E-state index contributed by atoms with van der Waals surface area (Å²) in [6.07, 6.45) is 0.908. The van der Waals surface area contributed by atoms with E-state index >= 15 is 0 Å². The van der Waals surface area contributed by atoms with Gasteiger partial charge in [0.05, 0.1) is 0 Å². The van der Waals surface area contributed by atoms with Gasteiger partial charge in [0.1, 0.15) is 6.04 Å². The number of anilines is 1. The smallest absolute Gasteiger partial charge is 0.254 e. The van der Waals surface area contributed by atoms with E-state index in [9.17, 15) is 9.59 Å². The molecule has 28 heavy (non-hydrogen) atoms. The van der Waals surface area contributed by atoms with Crippen LogP contribution in [-0.2, 0) is 11.2 Å². The maximum absolute atomic E-state index is 13.1. The molecule has 2 amide bonds. The third kappa shape index (κ3) is 4.70. The van der Waals surface area contributed by atoms with Crippen LogP contribution in [0.4, 0.5) is 5.69 Å². The molecule has 1 aliphatic heterocycles. The molecule has 0 saturated carbocycles. The minimum Gasteiger partial charge on any atom is -0.378 e. The van der Waals surface area contributed by atoms with Crippen molar-refractivity contribution < 1.29 is 9.59 Å². The molecule has 1 atom stereocenters. The van der Waals surface area contributed by atoms with Crippen molar-refractivity contribution in [1.82, 2.24) is 9.80 Å². The Morgan fingerprint density at radius 3 is 2.50 bits per heavy atom. The largest absolute Gasteiger partial charge is 0.378 e. The number of carbonyl (C=O) groups excluding carboxylic acids is 2. The SMILES string of the molecule is CN(C)c1cccc(C(=O)N2CCN(CCc3ccccc3)CC2C(N)=O)c1. The van der Waals surface area contributed by atoms with E-state index in [1.807, 2.05) is 55.4 Å². The van der Waals surface area contributed by atoms with E-state index in [2.05, 4.69) is 17.0 Å². The highest BCUT2D eigenvalue weighted by Crippen LogP contribution is 2.19. The molecule has 2 N–H and O–H groups in total. The number of nitrogens with zero attached hydrogens (tertiary/aromatic N) is 3. The van der Waals surface area contributed by atoms with Crippen molar-refractivity contribution in [3.8, 4) is 0 Å². The lowest BCUT2D eigenvalue weighted by atomic mass is 10.1. The quantitative estimate of drug-likeness (QED) is 0.827. The monoisotopic (exact) mass is 380 g/mol. The fourth-order valence-corrected chi connectivity index (χ4v) is 3.54. The van der Waals surface area contributed by atoms with E-state index in [4.69, 9.17) is 5.73 Å². The van der Waals surface area contributed by atoms with Crippen molar-refractivity contribution in [3.05, 3.63) is 65.7 Å². The van der Waals surface area contributed by atoms with Crippen molar-refractivity contribution in [2.24, 2.45) is 5.73 Å². The number of benzene rings is 2. The van der Waals surface area contributed by atoms with Gasteiger partial charge in [0, 0.05) is 51.5 Å². The molecule has 1 aliphatic rings. The van der Waals surface area contributed by atoms with Gasteiger partial charge in [-0.2, -0.15) is 0 Å². The van der Waals surface area contributed by atoms with E-state index in [0.29, 0.717) is 18.7 Å². The summed E-state index contributed by atoms with van der Waals surface area (Å²) >= 11 is 0. The summed E-state index contributed by atoms with van der Waals surface area (Å²) in [6.45, 7) is 2.54. The van der Waals surface area contributed by atoms with Crippen LogP contribution in [0.5, 0.6) is 0 Å². The summed E-state index contributed by atoms with van der Waals surface area (Å²) in [4.78, 5) is 30.9. The van der Waals surface area contributed by atoms with Gasteiger partial charge in [-0.05, 0) is 30.2 Å². The van der Waals surface area contributed by atoms with Crippen LogP contribution in [-0.4, -0.2) is 67.9 Å². The third-order valence-electron chi connectivity index (χ3n) is 5.22. The van der Waals surface area contributed by atoms with Crippen LogP contribution in [0, 0.1) is 0 Å². The summed E-state index contributed by atoms with van der Waals surface area (Å²) in [7, 11) is 3.86. The third-order valence-corrected chi connectivity index (χ3v) is 5.22. The van der Waals surface area contributed by atoms with Gasteiger partial charge in [0.2, 0.25) is 5.91 Å². The highest BCUT2D eigenvalue weighted by Gasteiger charge is 2.34. The molecule has 0 aromatic heterocycles. The average Bonchev–Trinajstić information content (AvgIpc) is 2.72. The molecular formula is C22H28N4O2. The molecule has 2 aromatic rings. The number of hydrogen-bond donors (Lipinski definition) is 1. The van der Waals surface area contributed by atoms with E-state index < -0.39 is 11.9 Å². The summed E-state index contributed by atoms with van der Waals surface area (Å²) in [5.41, 5.74) is 8.44. The van der Waals surface area contributed by atoms with Gasteiger partial charge in [-0.1, -0.05) is 36.4 Å². The fraction of sp³-hybridized carbons (Fsp3) is 0.364. The first-order valence-electron chi connectivity index (χ1n) is 9.59. The van der Waals surface area contributed by atoms with Crippen LogP contribution in [0.25, 0.3) is 0 Å². The zero-order chi connectivity index (χ0) is 20.1. The number of primary amides is 1. The maximum Gasteiger partial charge on any atom is 0.254 e. The summed E-state index contributed by atoms with van der Waals surface area (Å²) in [5.74, 6) is -0.600. The molecule has 1 heterocycles. The molecule has 6 nitrogen and oxygen atoms in total. The number of piperazine rings is 1. The van der Waals surface area contributed by atoms with Crippen molar-refractivity contribution in [2.75, 3.05) is 45.2 Å². The molecule has 3 rings (SSSR count). The van der Waals surface area contributed by atoms with E-state index in [0.717, 1.165) is 25.2 Å². The molecule has 1 fully saturated rings. The maximum atomic E-state index is 13.1. The van der Waals surface area contributed by atoms with Crippen LogP contribution in [0.2, 0.25) is 0 Å². The summed E-state index contributed by atoms with van der Waals surface area (Å²) in [6, 6.07) is 17.1. The molecule has 1 saturated heterocycles. The molecule has 2 aromatic carbocycles. The van der Waals surface area contributed by atoms with Crippen LogP contribution in [0.15, 0.2) is 54.6 Å². The normalized spacial score (nSPS) is 17.4. The Morgan fingerprint density at radius 2 is 1.82 bits per heavy atom. The predicted octanol–water partition coefficient (Wildman–Crippen LogP) is 1.61. The Labute approximate surface area is 166 Å². The van der Waals surface area contributed by atoms with Crippen LogP contribution in [0.3, 0.4) is 0 Å². The number of hydrogen-bond acceptors (Lipinski definition) is 4. The van der Waals surface area contributed by atoms with Crippen LogP contribution >= 0.6 is 0 Å². The standard InChI is InChI=1S/C22H28N4O2/c1-24(2)19-10-6-9-18(15-19)22(28)26-14-13-25(16-20(26)21(23)27)12-11-17-7-4-3-5-8-17/h3-10,15,20H,11-14,16H2,1-2H3,(H2,23,27). The summed E-state index contributed by atoms with van der Waals surface area (Å²) in [5, 5.41) is 0. The average molecular weight is 380 g/mol. The molecule has 6 heteroatoms. The Kier molecular flexibility index (Phi) is 6.31. The Morgan fingerprint density at radius 1 is 1.07 bits per heavy atom. The van der Waals surface area contributed by atoms with Gasteiger partial charge in [-0.15, -0.1) is 0 Å². The van der Waals surface area contributed by atoms with Gasteiger partial charge in [-0.25, -0.2) is 0 Å².